The first kappa shape index (κ1) is 17.4. The number of rotatable bonds is 6. The van der Waals surface area contributed by atoms with Gasteiger partial charge in [0.15, 0.2) is 0 Å². The molecule has 0 amide bonds. The molecular formula is C8H10BNO8P2-4. The second-order valence-corrected chi connectivity index (χ2v) is 7.82. The molecule has 20 heavy (non-hydrogen) atoms. The Bertz CT molecular complexity index is 558. The summed E-state index contributed by atoms with van der Waals surface area (Å²) in [6, 6.07) is 4.15. The first-order chi connectivity index (χ1) is 9.19. The van der Waals surface area contributed by atoms with Crippen molar-refractivity contribution in [3.05, 3.63) is 23.8 Å². The third kappa shape index (κ3) is 3.49. The summed E-state index contributed by atoms with van der Waals surface area (Å²) < 4.78 is 29.1. The molecule has 0 aliphatic heterocycles. The van der Waals surface area contributed by atoms with Crippen LogP contribution in [0.25, 0.3) is 0 Å². The molecule has 2 unspecified atom stereocenters. The predicted molar refractivity (Wildman–Crippen MR) is 63.5 cm³/mol. The van der Waals surface area contributed by atoms with Crippen LogP contribution < -0.4 is 31.1 Å². The summed E-state index contributed by atoms with van der Waals surface area (Å²) in [7, 11) is -9.35. The summed E-state index contributed by atoms with van der Waals surface area (Å²) in [6.07, 6.45) is -2.50. The molecule has 0 spiro atoms. The molecule has 0 bridgehead atoms. The maximum Gasteiger partial charge on any atom is 0.352 e. The second kappa shape index (κ2) is 6.38. The molecule has 1 rings (SSSR count). The monoisotopic (exact) mass is 321 g/mol. The van der Waals surface area contributed by atoms with E-state index in [1.807, 2.05) is 0 Å². The van der Waals surface area contributed by atoms with E-state index in [0.29, 0.717) is 5.69 Å². The lowest BCUT2D eigenvalue weighted by molar-refractivity contribution is -0.647. The highest BCUT2D eigenvalue weighted by molar-refractivity contribution is 8.18. The zero-order chi connectivity index (χ0) is 15.6. The third-order valence-corrected chi connectivity index (χ3v) is 6.52. The minimum Gasteiger partial charge on any atom is -0.786 e. The van der Waals surface area contributed by atoms with Gasteiger partial charge in [0.2, 0.25) is 0 Å². The molecule has 2 atom stereocenters. The van der Waals surface area contributed by atoms with Gasteiger partial charge in [-0.15, -0.1) is 0 Å². The van der Waals surface area contributed by atoms with Gasteiger partial charge in [0.1, 0.15) is 14.9 Å². The van der Waals surface area contributed by atoms with Crippen molar-refractivity contribution in [2.75, 3.05) is 12.4 Å². The Morgan fingerprint density at radius 3 is 2.05 bits per heavy atom. The van der Waals surface area contributed by atoms with Crippen LogP contribution in [0.4, 0.5) is 5.69 Å². The molecule has 1 aromatic rings. The first-order valence-electron chi connectivity index (χ1n) is 5.22. The van der Waals surface area contributed by atoms with Crippen LogP contribution in [0.1, 0.15) is 5.56 Å². The van der Waals surface area contributed by atoms with Crippen LogP contribution in [-0.2, 0) is 18.5 Å². The van der Waals surface area contributed by atoms with Crippen molar-refractivity contribution in [2.45, 2.75) is 6.92 Å². The fourth-order valence-electron chi connectivity index (χ4n) is 1.67. The van der Waals surface area contributed by atoms with Gasteiger partial charge in [-0.05, 0) is 19.1 Å². The maximum atomic E-state index is 11.5. The summed E-state index contributed by atoms with van der Waals surface area (Å²) in [6.45, 7) is 1.41. The van der Waals surface area contributed by atoms with Crippen molar-refractivity contribution in [1.29, 1.82) is 0 Å². The zero-order valence-electron chi connectivity index (χ0n) is 10.5. The van der Waals surface area contributed by atoms with Crippen molar-refractivity contribution >= 4 is 32.3 Å². The normalized spacial score (nSPS) is 17.1. The lowest BCUT2D eigenvalue weighted by Gasteiger charge is -2.41. The molecular weight excluding hydrogens is 311 g/mol. The van der Waals surface area contributed by atoms with Gasteiger partial charge in [-0.2, -0.15) is 0 Å². The Kier molecular flexibility index (Phi) is 5.54. The van der Waals surface area contributed by atoms with Crippen LogP contribution in [-0.4, -0.2) is 13.2 Å². The first-order valence-corrected chi connectivity index (χ1v) is 8.45. The standard InChI is InChI=1S/C8H14BNO8P2/c1-6-3-4-7(10-2)5-8(6)9(19(13,14)17-11)20(15,16)18-12/h3-5,10-12H,1-2H3,(H,13,14)(H,15,16)/p-4. The lowest BCUT2D eigenvalue weighted by Crippen LogP contribution is -2.43. The smallest absolute Gasteiger partial charge is 0.352 e. The average Bonchev–Trinajstić information content (AvgIpc) is 2.40. The van der Waals surface area contributed by atoms with E-state index in [1.54, 1.807) is 6.07 Å². The minimum absolute atomic E-state index is 0.232. The summed E-state index contributed by atoms with van der Waals surface area (Å²) in [5, 5.41) is 23.2. The Hall–Kier alpha value is -0.695. The van der Waals surface area contributed by atoms with E-state index in [-0.39, 0.29) is 11.0 Å². The molecule has 1 N–H and O–H groups in total. The minimum atomic E-state index is -5.43. The average molecular weight is 321 g/mol. The van der Waals surface area contributed by atoms with E-state index in [1.165, 1.54) is 26.1 Å². The fourth-order valence-corrected chi connectivity index (χ4v) is 4.69. The molecule has 0 aliphatic carbocycles. The Morgan fingerprint density at radius 1 is 1.15 bits per heavy atom. The molecule has 0 fully saturated rings. The van der Waals surface area contributed by atoms with Gasteiger partial charge in [-0.1, -0.05) is 17.1 Å². The van der Waals surface area contributed by atoms with Crippen LogP contribution in [0, 0.1) is 6.92 Å². The highest BCUT2D eigenvalue weighted by Crippen LogP contribution is 2.55. The summed E-state index contributed by atoms with van der Waals surface area (Å²) in [5.74, 6) is 0. The van der Waals surface area contributed by atoms with Crippen LogP contribution in [0.3, 0.4) is 0 Å². The molecule has 0 aromatic heterocycles. The highest BCUT2D eigenvalue weighted by Gasteiger charge is 2.39. The van der Waals surface area contributed by atoms with Gasteiger partial charge in [0.05, 0.1) is 0 Å². The van der Waals surface area contributed by atoms with Gasteiger partial charge >= 0.3 is 6.15 Å². The molecule has 0 heterocycles. The van der Waals surface area contributed by atoms with Crippen molar-refractivity contribution in [2.24, 2.45) is 0 Å². The Balaban J connectivity index is 3.54. The van der Waals surface area contributed by atoms with Crippen LogP contribution in [0.5, 0.6) is 0 Å². The second-order valence-electron chi connectivity index (χ2n) is 3.92. The topological polar surface area (TPSA) is 157 Å². The Labute approximate surface area is 115 Å². The number of hydrogen-bond acceptors (Lipinski definition) is 9. The molecule has 0 aliphatic rings. The van der Waals surface area contributed by atoms with E-state index in [9.17, 15) is 29.4 Å². The number of anilines is 1. The third-order valence-electron chi connectivity index (χ3n) is 2.65. The van der Waals surface area contributed by atoms with E-state index in [2.05, 4.69) is 14.7 Å². The number of nitrogens with one attached hydrogen (secondary N) is 1. The van der Waals surface area contributed by atoms with Crippen molar-refractivity contribution in [3.63, 3.8) is 0 Å². The van der Waals surface area contributed by atoms with Gasteiger partial charge < -0.3 is 44.1 Å². The van der Waals surface area contributed by atoms with Gasteiger partial charge in [0, 0.05) is 12.7 Å². The number of benzene rings is 1. The number of aryl methyl sites for hydroxylation is 1. The van der Waals surface area contributed by atoms with Crippen LogP contribution in [0.2, 0.25) is 0 Å². The molecule has 1 aromatic carbocycles. The summed E-state index contributed by atoms with van der Waals surface area (Å²) >= 11 is 0. The van der Waals surface area contributed by atoms with E-state index in [0.717, 1.165) is 0 Å². The van der Waals surface area contributed by atoms with Crippen LogP contribution in [0.15, 0.2) is 18.2 Å². The predicted octanol–water partition coefficient (Wildman–Crippen LogP) is -2.58. The quantitative estimate of drug-likeness (QED) is 0.257. The molecule has 12 heteroatoms. The van der Waals surface area contributed by atoms with Crippen molar-refractivity contribution in [1.82, 2.24) is 0 Å². The molecule has 0 saturated carbocycles. The van der Waals surface area contributed by atoms with Gasteiger partial charge in [0.25, 0.3) is 0 Å². The summed E-state index contributed by atoms with van der Waals surface area (Å²) in [4.78, 5) is 23.1. The van der Waals surface area contributed by atoms with Crippen LogP contribution >= 0.6 is 14.9 Å². The maximum absolute atomic E-state index is 11.5. The number of hydrogen-bond donors (Lipinski definition) is 1. The van der Waals surface area contributed by atoms with Gasteiger partial charge in [-0.3, -0.25) is 0 Å². The highest BCUT2D eigenvalue weighted by atomic mass is 31.2. The molecule has 9 nitrogen and oxygen atoms in total. The van der Waals surface area contributed by atoms with E-state index in [4.69, 9.17) is 0 Å². The molecule has 0 saturated heterocycles. The van der Waals surface area contributed by atoms with Crippen molar-refractivity contribution < 1.29 is 38.8 Å². The molecule has 112 valence electrons. The molecule has 0 radical (unpaired) electrons. The fraction of sp³-hybridized carbons (Fsp3) is 0.250. The van der Waals surface area contributed by atoms with Gasteiger partial charge in [-0.25, -0.2) is 0 Å². The zero-order valence-corrected chi connectivity index (χ0v) is 12.3. The largest absolute Gasteiger partial charge is 0.786 e. The Morgan fingerprint density at radius 2 is 1.65 bits per heavy atom. The summed E-state index contributed by atoms with van der Waals surface area (Å²) in [5.41, 5.74) is 0.322. The van der Waals surface area contributed by atoms with Crippen molar-refractivity contribution in [3.8, 4) is 0 Å². The van der Waals surface area contributed by atoms with E-state index >= 15 is 0 Å². The lowest BCUT2D eigenvalue weighted by atomic mass is 9.87. The SMILES string of the molecule is CNc1ccc(C)c(B(P(=O)([O-])O[O-])P(=O)([O-])O[O-])c1. The van der Waals surface area contributed by atoms with E-state index < -0.39 is 21.1 Å².